The molecule has 86 valence electrons. The molecule has 3 aliphatic rings. The van der Waals surface area contributed by atoms with Crippen molar-refractivity contribution >= 4 is 16.7 Å². The van der Waals surface area contributed by atoms with E-state index in [0.717, 1.165) is 17.4 Å². The van der Waals surface area contributed by atoms with Gasteiger partial charge in [0.05, 0.1) is 18.2 Å². The summed E-state index contributed by atoms with van der Waals surface area (Å²) in [5, 5.41) is 4.48. The monoisotopic (exact) mass is 237 g/mol. The van der Waals surface area contributed by atoms with Crippen LogP contribution >= 0.6 is 11.5 Å². The van der Waals surface area contributed by atoms with Crippen molar-refractivity contribution in [2.45, 2.75) is 56.3 Å². The first-order valence-corrected chi connectivity index (χ1v) is 6.91. The van der Waals surface area contributed by atoms with Gasteiger partial charge in [0.2, 0.25) is 5.13 Å². The van der Waals surface area contributed by atoms with Crippen molar-refractivity contribution in [2.75, 3.05) is 5.32 Å². The predicted molar refractivity (Wildman–Crippen MR) is 61.8 cm³/mol. The third kappa shape index (κ3) is 1.53. The van der Waals surface area contributed by atoms with Gasteiger partial charge in [-0.05, 0) is 32.1 Å². The number of aromatic nitrogens is 2. The molecule has 0 amide bonds. The fraction of sp³-hybridized carbons (Fsp3) is 0.818. The van der Waals surface area contributed by atoms with E-state index >= 15 is 0 Å². The molecule has 2 aliphatic heterocycles. The Balaban J connectivity index is 1.45. The van der Waals surface area contributed by atoms with Crippen molar-refractivity contribution in [3.05, 3.63) is 5.82 Å². The van der Waals surface area contributed by atoms with Gasteiger partial charge in [-0.15, -0.1) is 0 Å². The van der Waals surface area contributed by atoms with Crippen LogP contribution in [0.3, 0.4) is 0 Å². The lowest BCUT2D eigenvalue weighted by Gasteiger charge is -2.18. The van der Waals surface area contributed by atoms with E-state index in [1.54, 1.807) is 0 Å². The highest BCUT2D eigenvalue weighted by atomic mass is 32.1. The molecule has 1 saturated carbocycles. The van der Waals surface area contributed by atoms with E-state index in [-0.39, 0.29) is 0 Å². The molecule has 3 atom stereocenters. The molecule has 3 unspecified atom stereocenters. The van der Waals surface area contributed by atoms with Gasteiger partial charge in [-0.25, -0.2) is 4.98 Å². The van der Waals surface area contributed by atoms with Crippen LogP contribution in [0.4, 0.5) is 5.13 Å². The molecule has 1 aromatic rings. The largest absolute Gasteiger partial charge is 0.373 e. The van der Waals surface area contributed by atoms with E-state index in [4.69, 9.17) is 4.74 Å². The normalized spacial score (nSPS) is 36.9. The predicted octanol–water partition coefficient (Wildman–Crippen LogP) is 2.15. The molecule has 4 nitrogen and oxygen atoms in total. The smallest absolute Gasteiger partial charge is 0.202 e. The molecule has 1 aliphatic carbocycles. The van der Waals surface area contributed by atoms with Gasteiger partial charge in [0.15, 0.2) is 0 Å². The zero-order valence-corrected chi connectivity index (χ0v) is 9.87. The second kappa shape index (κ2) is 3.40. The van der Waals surface area contributed by atoms with Crippen LogP contribution in [0.5, 0.6) is 0 Å². The van der Waals surface area contributed by atoms with Gasteiger partial charge < -0.3 is 10.1 Å². The molecule has 0 spiro atoms. The van der Waals surface area contributed by atoms with Crippen molar-refractivity contribution in [3.8, 4) is 0 Å². The van der Waals surface area contributed by atoms with Gasteiger partial charge in [-0.3, -0.25) is 0 Å². The van der Waals surface area contributed by atoms with Crippen molar-refractivity contribution in [2.24, 2.45) is 0 Å². The molecule has 16 heavy (non-hydrogen) atoms. The summed E-state index contributed by atoms with van der Waals surface area (Å²) in [5.41, 5.74) is 0. The maximum Gasteiger partial charge on any atom is 0.202 e. The Bertz CT molecular complexity index is 404. The summed E-state index contributed by atoms with van der Waals surface area (Å²) in [6.07, 6.45) is 7.05. The Morgan fingerprint density at radius 1 is 1.25 bits per heavy atom. The van der Waals surface area contributed by atoms with Crippen LogP contribution in [-0.2, 0) is 4.74 Å². The number of fused-ring (bicyclic) bond motifs is 2. The van der Waals surface area contributed by atoms with E-state index < -0.39 is 0 Å². The minimum atomic E-state index is 0.415. The van der Waals surface area contributed by atoms with Gasteiger partial charge in [0.1, 0.15) is 5.82 Å². The Kier molecular flexibility index (Phi) is 1.99. The number of hydrogen-bond acceptors (Lipinski definition) is 5. The number of nitrogens with zero attached hydrogens (tertiary/aromatic N) is 2. The Labute approximate surface area is 98.6 Å². The van der Waals surface area contributed by atoms with Gasteiger partial charge in [-0.1, -0.05) is 0 Å². The second-order valence-corrected chi connectivity index (χ2v) is 5.84. The van der Waals surface area contributed by atoms with Crippen LogP contribution in [0, 0.1) is 0 Å². The van der Waals surface area contributed by atoms with Gasteiger partial charge in [0.25, 0.3) is 0 Å². The first kappa shape index (κ1) is 9.36. The van der Waals surface area contributed by atoms with E-state index in [2.05, 4.69) is 14.7 Å². The Hall–Kier alpha value is -0.680. The van der Waals surface area contributed by atoms with Crippen LogP contribution in [0.25, 0.3) is 0 Å². The van der Waals surface area contributed by atoms with Gasteiger partial charge >= 0.3 is 0 Å². The Morgan fingerprint density at radius 2 is 2.19 bits per heavy atom. The molecule has 4 rings (SSSR count). The Morgan fingerprint density at radius 3 is 2.88 bits per heavy atom. The lowest BCUT2D eigenvalue weighted by atomic mass is 9.96. The molecular formula is C11H15N3OS. The molecule has 3 fully saturated rings. The molecular weight excluding hydrogens is 222 g/mol. The summed E-state index contributed by atoms with van der Waals surface area (Å²) in [6, 6.07) is 0.471. The van der Waals surface area contributed by atoms with Crippen LogP contribution in [-0.4, -0.2) is 27.6 Å². The maximum atomic E-state index is 5.82. The van der Waals surface area contributed by atoms with Crippen molar-refractivity contribution in [1.29, 1.82) is 0 Å². The van der Waals surface area contributed by atoms with E-state index in [9.17, 15) is 0 Å². The van der Waals surface area contributed by atoms with Crippen molar-refractivity contribution < 1.29 is 4.74 Å². The van der Waals surface area contributed by atoms with E-state index in [1.165, 1.54) is 37.2 Å². The standard InChI is InChI=1S/C11H15N3OS/c1-2-6(1)10-13-11(16-14-10)12-8-5-7-3-4-9(8)15-7/h6-9H,1-5H2,(H,12,13,14). The number of anilines is 1. The summed E-state index contributed by atoms with van der Waals surface area (Å²) in [5.74, 6) is 1.71. The minimum absolute atomic E-state index is 0.415. The summed E-state index contributed by atoms with van der Waals surface area (Å²) in [4.78, 5) is 4.56. The van der Waals surface area contributed by atoms with Gasteiger partial charge in [0, 0.05) is 17.5 Å². The lowest BCUT2D eigenvalue weighted by molar-refractivity contribution is 0.102. The number of rotatable bonds is 3. The molecule has 5 heteroatoms. The fourth-order valence-corrected chi connectivity index (χ4v) is 3.46. The zero-order chi connectivity index (χ0) is 10.5. The number of nitrogens with one attached hydrogen (secondary N) is 1. The first-order chi connectivity index (χ1) is 7.88. The van der Waals surface area contributed by atoms with E-state index in [0.29, 0.717) is 24.2 Å². The third-order valence-electron chi connectivity index (χ3n) is 3.80. The van der Waals surface area contributed by atoms with E-state index in [1.807, 2.05) is 0 Å². The highest BCUT2D eigenvalue weighted by Crippen LogP contribution is 2.40. The molecule has 1 aromatic heterocycles. The van der Waals surface area contributed by atoms with Crippen LogP contribution in [0.15, 0.2) is 0 Å². The quantitative estimate of drug-likeness (QED) is 0.875. The highest BCUT2D eigenvalue weighted by molar-refractivity contribution is 7.09. The molecule has 0 radical (unpaired) electrons. The third-order valence-corrected chi connectivity index (χ3v) is 4.46. The van der Waals surface area contributed by atoms with Crippen LogP contribution < -0.4 is 5.32 Å². The lowest BCUT2D eigenvalue weighted by Crippen LogP contribution is -2.30. The average Bonchev–Trinajstić information content (AvgIpc) is 2.76. The number of hydrogen-bond donors (Lipinski definition) is 1. The molecule has 0 aromatic carbocycles. The van der Waals surface area contributed by atoms with Crippen LogP contribution in [0.2, 0.25) is 0 Å². The maximum absolute atomic E-state index is 5.82. The van der Waals surface area contributed by atoms with Gasteiger partial charge in [-0.2, -0.15) is 4.37 Å². The minimum Gasteiger partial charge on any atom is -0.373 e. The topological polar surface area (TPSA) is 47.0 Å². The second-order valence-electron chi connectivity index (χ2n) is 5.09. The summed E-state index contributed by atoms with van der Waals surface area (Å²) < 4.78 is 10.2. The summed E-state index contributed by atoms with van der Waals surface area (Å²) in [7, 11) is 0. The highest BCUT2D eigenvalue weighted by Gasteiger charge is 2.41. The van der Waals surface area contributed by atoms with Crippen molar-refractivity contribution in [1.82, 2.24) is 9.36 Å². The summed E-state index contributed by atoms with van der Waals surface area (Å²) >= 11 is 1.50. The SMILES string of the molecule is C1CC2OC1CC2Nc1nc(C2CC2)ns1. The molecule has 1 N–H and O–H groups in total. The molecule has 3 heterocycles. The zero-order valence-electron chi connectivity index (χ0n) is 9.06. The average molecular weight is 237 g/mol. The first-order valence-electron chi connectivity index (χ1n) is 6.14. The molecule has 2 saturated heterocycles. The molecule has 2 bridgehead atoms. The summed E-state index contributed by atoms with van der Waals surface area (Å²) in [6.45, 7) is 0. The fourth-order valence-electron chi connectivity index (χ4n) is 2.75. The van der Waals surface area contributed by atoms with Crippen molar-refractivity contribution in [3.63, 3.8) is 0 Å². The number of ether oxygens (including phenoxy) is 1. The van der Waals surface area contributed by atoms with Crippen LogP contribution in [0.1, 0.15) is 43.8 Å².